The minimum absolute atomic E-state index is 0.119. The zero-order valence-electron chi connectivity index (χ0n) is 14.8. The van der Waals surface area contributed by atoms with Gasteiger partial charge in [0.1, 0.15) is 5.75 Å². The van der Waals surface area contributed by atoms with Crippen molar-refractivity contribution in [3.63, 3.8) is 0 Å². The van der Waals surface area contributed by atoms with Gasteiger partial charge in [0, 0.05) is 12.2 Å². The maximum atomic E-state index is 12.2. The highest BCUT2D eigenvalue weighted by atomic mass is 16.5. The first-order valence-corrected chi connectivity index (χ1v) is 8.48. The highest BCUT2D eigenvalue weighted by Gasteiger charge is 2.15. The number of carbonyl (C=O) groups is 1. The molecule has 1 atom stereocenters. The van der Waals surface area contributed by atoms with Crippen molar-refractivity contribution in [2.45, 2.75) is 33.3 Å². The molecule has 130 valence electrons. The van der Waals surface area contributed by atoms with Crippen molar-refractivity contribution in [3.8, 4) is 5.75 Å². The van der Waals surface area contributed by atoms with Crippen molar-refractivity contribution in [2.75, 3.05) is 6.54 Å². The van der Waals surface area contributed by atoms with Crippen LogP contribution in [0.1, 0.15) is 23.9 Å². The van der Waals surface area contributed by atoms with Gasteiger partial charge in [0.25, 0.3) is 5.91 Å². The van der Waals surface area contributed by atoms with E-state index in [2.05, 4.69) is 21.6 Å². The summed E-state index contributed by atoms with van der Waals surface area (Å²) in [6.07, 6.45) is 0.204. The fourth-order valence-corrected chi connectivity index (χ4v) is 2.90. The summed E-state index contributed by atoms with van der Waals surface area (Å²) in [5.41, 5.74) is 3.18. The van der Waals surface area contributed by atoms with E-state index in [9.17, 15) is 4.79 Å². The molecule has 5 nitrogen and oxygen atoms in total. The average molecular weight is 337 g/mol. The smallest absolute Gasteiger partial charge is 0.260 e. The third-order valence-corrected chi connectivity index (χ3v) is 4.36. The molecule has 5 heteroatoms. The van der Waals surface area contributed by atoms with Gasteiger partial charge in [0.15, 0.2) is 6.10 Å². The van der Waals surface area contributed by atoms with Gasteiger partial charge in [-0.15, -0.1) is 0 Å². The lowest BCUT2D eigenvalue weighted by molar-refractivity contribution is -0.127. The second-order valence-corrected chi connectivity index (χ2v) is 6.22. The van der Waals surface area contributed by atoms with Gasteiger partial charge in [-0.3, -0.25) is 9.89 Å². The molecule has 0 bridgehead atoms. The highest BCUT2D eigenvalue weighted by Crippen LogP contribution is 2.21. The minimum Gasteiger partial charge on any atom is -0.481 e. The molecular weight excluding hydrogens is 314 g/mol. The van der Waals surface area contributed by atoms with E-state index in [1.807, 2.05) is 50.2 Å². The van der Waals surface area contributed by atoms with Crippen LogP contribution in [-0.2, 0) is 11.2 Å². The van der Waals surface area contributed by atoms with Gasteiger partial charge in [0.05, 0.1) is 5.69 Å². The third kappa shape index (κ3) is 3.99. The second kappa shape index (κ2) is 7.38. The highest BCUT2D eigenvalue weighted by molar-refractivity contribution is 5.84. The predicted octanol–water partition coefficient (Wildman–Crippen LogP) is 3.31. The molecule has 0 spiro atoms. The van der Waals surface area contributed by atoms with E-state index in [4.69, 9.17) is 4.74 Å². The van der Waals surface area contributed by atoms with Crippen molar-refractivity contribution >= 4 is 16.7 Å². The third-order valence-electron chi connectivity index (χ3n) is 4.36. The number of hydrogen-bond acceptors (Lipinski definition) is 3. The molecule has 2 aromatic carbocycles. The maximum Gasteiger partial charge on any atom is 0.260 e. The van der Waals surface area contributed by atoms with E-state index < -0.39 is 6.10 Å². The number of aryl methyl sites for hydroxylation is 2. The zero-order chi connectivity index (χ0) is 17.8. The summed E-state index contributed by atoms with van der Waals surface area (Å²) < 4.78 is 5.79. The van der Waals surface area contributed by atoms with Crippen LogP contribution in [0.4, 0.5) is 0 Å². The van der Waals surface area contributed by atoms with Crippen molar-refractivity contribution in [2.24, 2.45) is 0 Å². The first-order chi connectivity index (χ1) is 12.0. The van der Waals surface area contributed by atoms with Crippen LogP contribution in [0.15, 0.2) is 42.5 Å². The summed E-state index contributed by atoms with van der Waals surface area (Å²) in [7, 11) is 0. The first kappa shape index (κ1) is 17.0. The summed E-state index contributed by atoms with van der Waals surface area (Å²) in [4.78, 5) is 12.2. The van der Waals surface area contributed by atoms with Crippen LogP contribution in [0, 0.1) is 13.8 Å². The Kier molecular flexibility index (Phi) is 5.03. The van der Waals surface area contributed by atoms with Crippen LogP contribution in [0.5, 0.6) is 5.75 Å². The zero-order valence-corrected chi connectivity index (χ0v) is 14.8. The number of hydrogen-bond donors (Lipinski definition) is 2. The van der Waals surface area contributed by atoms with Gasteiger partial charge in [-0.25, -0.2) is 0 Å². The van der Waals surface area contributed by atoms with Gasteiger partial charge in [-0.1, -0.05) is 30.3 Å². The fraction of sp³-hybridized carbons (Fsp3) is 0.300. The van der Waals surface area contributed by atoms with Gasteiger partial charge in [0.2, 0.25) is 0 Å². The van der Waals surface area contributed by atoms with Gasteiger partial charge < -0.3 is 10.1 Å². The normalized spacial score (nSPS) is 12.1. The number of nitrogens with one attached hydrogen (secondary N) is 2. The van der Waals surface area contributed by atoms with E-state index in [1.165, 1.54) is 0 Å². The second-order valence-electron chi connectivity index (χ2n) is 6.22. The lowest BCUT2D eigenvalue weighted by atomic mass is 10.1. The average Bonchev–Trinajstić information content (AvgIpc) is 2.93. The molecule has 25 heavy (non-hydrogen) atoms. The Morgan fingerprint density at radius 3 is 2.68 bits per heavy atom. The molecule has 0 aliphatic heterocycles. The van der Waals surface area contributed by atoms with Crippen LogP contribution >= 0.6 is 0 Å². The molecule has 0 saturated heterocycles. The van der Waals surface area contributed by atoms with E-state index in [0.717, 1.165) is 34.1 Å². The molecule has 1 amide bonds. The van der Waals surface area contributed by atoms with Crippen molar-refractivity contribution in [1.82, 2.24) is 15.5 Å². The predicted molar refractivity (Wildman–Crippen MR) is 98.8 cm³/mol. The van der Waals surface area contributed by atoms with Crippen LogP contribution in [0.25, 0.3) is 10.8 Å². The number of carbonyl (C=O) groups excluding carboxylic acids is 1. The Morgan fingerprint density at radius 2 is 1.96 bits per heavy atom. The minimum atomic E-state index is -0.548. The summed E-state index contributed by atoms with van der Waals surface area (Å²) >= 11 is 0. The molecule has 1 heterocycles. The first-order valence-electron chi connectivity index (χ1n) is 8.48. The Bertz CT molecular complexity index is 866. The van der Waals surface area contributed by atoms with E-state index in [0.29, 0.717) is 12.3 Å². The standard InChI is InChI=1S/C20H23N3O2/c1-13-19(14(2)23-22-13)10-11-21-20(24)15(3)25-18-9-8-16-6-4-5-7-17(16)12-18/h4-9,12,15H,10-11H2,1-3H3,(H,21,24)(H,22,23)/t15-/m0/s1. The topological polar surface area (TPSA) is 67.0 Å². The number of aromatic amines is 1. The fourth-order valence-electron chi connectivity index (χ4n) is 2.90. The van der Waals surface area contributed by atoms with Gasteiger partial charge in [-0.05, 0) is 55.7 Å². The number of amides is 1. The molecule has 0 fully saturated rings. The van der Waals surface area contributed by atoms with Crippen LogP contribution in [0.2, 0.25) is 0 Å². The summed E-state index contributed by atoms with van der Waals surface area (Å²) in [5, 5.41) is 12.3. The number of benzene rings is 2. The molecular formula is C20H23N3O2. The number of aromatic nitrogens is 2. The molecule has 0 aliphatic carbocycles. The molecule has 0 unspecified atom stereocenters. The maximum absolute atomic E-state index is 12.2. The summed E-state index contributed by atoms with van der Waals surface area (Å²) in [6.45, 7) is 6.28. The number of fused-ring (bicyclic) bond motifs is 1. The van der Waals surface area contributed by atoms with E-state index in [1.54, 1.807) is 6.92 Å². The largest absolute Gasteiger partial charge is 0.481 e. The van der Waals surface area contributed by atoms with Gasteiger partial charge in [-0.2, -0.15) is 5.10 Å². The molecule has 3 aromatic rings. The SMILES string of the molecule is Cc1n[nH]c(C)c1CCNC(=O)[C@H](C)Oc1ccc2ccccc2c1. The Balaban J connectivity index is 1.54. The number of rotatable bonds is 6. The quantitative estimate of drug-likeness (QED) is 0.725. The van der Waals surface area contributed by atoms with Crippen LogP contribution in [-0.4, -0.2) is 28.8 Å². The number of nitrogens with zero attached hydrogens (tertiary/aromatic N) is 1. The van der Waals surface area contributed by atoms with Crippen LogP contribution < -0.4 is 10.1 Å². The Morgan fingerprint density at radius 1 is 1.20 bits per heavy atom. The lowest BCUT2D eigenvalue weighted by Gasteiger charge is -2.15. The molecule has 2 N–H and O–H groups in total. The molecule has 3 rings (SSSR count). The Labute approximate surface area is 147 Å². The van der Waals surface area contributed by atoms with E-state index in [-0.39, 0.29) is 5.91 Å². The summed E-state index contributed by atoms with van der Waals surface area (Å²) in [6, 6.07) is 13.9. The summed E-state index contributed by atoms with van der Waals surface area (Å²) in [5.74, 6) is 0.579. The Hall–Kier alpha value is -2.82. The number of ether oxygens (including phenoxy) is 1. The van der Waals surface area contributed by atoms with Crippen LogP contribution in [0.3, 0.4) is 0 Å². The molecule has 0 saturated carbocycles. The van der Waals surface area contributed by atoms with Crippen molar-refractivity contribution < 1.29 is 9.53 Å². The lowest BCUT2D eigenvalue weighted by Crippen LogP contribution is -2.37. The van der Waals surface area contributed by atoms with Gasteiger partial charge >= 0.3 is 0 Å². The molecule has 1 aromatic heterocycles. The van der Waals surface area contributed by atoms with Crippen molar-refractivity contribution in [1.29, 1.82) is 0 Å². The number of H-pyrrole nitrogens is 1. The monoisotopic (exact) mass is 337 g/mol. The molecule has 0 aliphatic rings. The molecule has 0 radical (unpaired) electrons. The van der Waals surface area contributed by atoms with Crippen molar-refractivity contribution in [3.05, 3.63) is 59.4 Å². The van der Waals surface area contributed by atoms with E-state index >= 15 is 0 Å².